The third kappa shape index (κ3) is 2.37. The van der Waals surface area contributed by atoms with Gasteiger partial charge in [0, 0.05) is 0 Å². The number of para-hydroxylation sites is 2. The fourth-order valence-electron chi connectivity index (χ4n) is 2.59. The Kier molecular flexibility index (Phi) is 3.83. The van der Waals surface area contributed by atoms with Gasteiger partial charge in [0.25, 0.3) is 0 Å². The molecule has 0 N–H and O–H groups in total. The Morgan fingerprint density at radius 1 is 1.04 bits per heavy atom. The summed E-state index contributed by atoms with van der Waals surface area (Å²) in [5, 5.41) is 0. The molecule has 2 aromatic carbocycles. The number of sulfone groups is 1. The van der Waals surface area contributed by atoms with E-state index in [2.05, 4.69) is 16.7 Å². The van der Waals surface area contributed by atoms with Gasteiger partial charge in [-0.2, -0.15) is 0 Å². The van der Waals surface area contributed by atoms with Gasteiger partial charge in [-0.1, -0.05) is 24.3 Å². The molecular weight excluding hydrogens is 310 g/mol. The Labute approximate surface area is 135 Å². The Morgan fingerprint density at radius 2 is 1.57 bits per heavy atom. The lowest BCUT2D eigenvalue weighted by molar-refractivity contribution is 0.594. The van der Waals surface area contributed by atoms with Gasteiger partial charge < -0.3 is 0 Å². The Bertz CT molecular complexity index is 877. The minimum Gasteiger partial charge on any atom is -0.293 e. The first-order valence-corrected chi connectivity index (χ1v) is 8.47. The number of hydrogen-bond acceptors (Lipinski definition) is 4. The molecule has 0 spiro atoms. The summed E-state index contributed by atoms with van der Waals surface area (Å²) in [5.41, 5.74) is 1.14. The molecular formula is C17H15N3O2S. The van der Waals surface area contributed by atoms with Crippen LogP contribution in [0.15, 0.2) is 80.2 Å². The monoisotopic (exact) mass is 325 g/mol. The summed E-state index contributed by atoms with van der Waals surface area (Å²) in [5.74, 6) is 0.576. The molecule has 2 aromatic rings. The van der Waals surface area contributed by atoms with E-state index < -0.39 is 9.84 Å². The minimum atomic E-state index is -3.55. The highest BCUT2D eigenvalue weighted by atomic mass is 32.2. The van der Waals surface area contributed by atoms with Crippen LogP contribution in [0, 0.1) is 0 Å². The van der Waals surface area contributed by atoms with E-state index in [0.717, 1.165) is 0 Å². The first-order chi connectivity index (χ1) is 11.1. The normalized spacial score (nSPS) is 16.0. The van der Waals surface area contributed by atoms with Gasteiger partial charge in [-0.25, -0.2) is 13.4 Å². The maximum Gasteiger partial charge on any atom is 0.210 e. The first kappa shape index (κ1) is 15.2. The number of benzene rings is 2. The van der Waals surface area contributed by atoms with E-state index in [9.17, 15) is 8.42 Å². The van der Waals surface area contributed by atoms with Gasteiger partial charge in [-0.15, -0.1) is 0 Å². The molecule has 0 fully saturated rings. The number of hydrogen-bond donors (Lipinski definition) is 0. The van der Waals surface area contributed by atoms with Crippen LogP contribution in [0.3, 0.4) is 0 Å². The van der Waals surface area contributed by atoms with Crippen molar-refractivity contribution in [2.45, 2.75) is 16.7 Å². The van der Waals surface area contributed by atoms with Crippen LogP contribution in [-0.4, -0.2) is 21.5 Å². The lowest BCUT2D eigenvalue weighted by atomic mass is 10.2. The summed E-state index contributed by atoms with van der Waals surface area (Å²) in [4.78, 5) is 10.2. The smallest absolute Gasteiger partial charge is 0.210 e. The summed E-state index contributed by atoms with van der Waals surface area (Å²) in [6.07, 6.45) is 3.14. The maximum atomic E-state index is 12.9. The molecule has 1 aliphatic heterocycles. The highest BCUT2D eigenvalue weighted by molar-refractivity contribution is 7.92. The third-order valence-electron chi connectivity index (χ3n) is 3.55. The third-order valence-corrected chi connectivity index (χ3v) is 5.40. The van der Waals surface area contributed by atoms with Crippen LogP contribution in [0.2, 0.25) is 0 Å². The Hall–Kier alpha value is -2.73. The van der Waals surface area contributed by atoms with E-state index in [4.69, 9.17) is 0 Å². The average molecular weight is 325 g/mol. The van der Waals surface area contributed by atoms with E-state index in [-0.39, 0.29) is 9.79 Å². The van der Waals surface area contributed by atoms with Crippen LogP contribution in [-0.2, 0) is 9.84 Å². The average Bonchev–Trinajstić information content (AvgIpc) is 2.58. The molecule has 0 saturated heterocycles. The van der Waals surface area contributed by atoms with Crippen LogP contribution in [0.5, 0.6) is 0 Å². The number of anilines is 2. The van der Waals surface area contributed by atoms with Crippen molar-refractivity contribution in [3.8, 4) is 0 Å². The van der Waals surface area contributed by atoms with Gasteiger partial charge in [0.1, 0.15) is 12.2 Å². The van der Waals surface area contributed by atoms with E-state index >= 15 is 0 Å². The second-order valence-corrected chi connectivity index (χ2v) is 6.73. The molecule has 116 valence electrons. The zero-order valence-electron chi connectivity index (χ0n) is 12.5. The van der Waals surface area contributed by atoms with Crippen molar-refractivity contribution in [2.75, 3.05) is 4.90 Å². The van der Waals surface area contributed by atoms with Gasteiger partial charge in [0.15, 0.2) is 0 Å². The van der Waals surface area contributed by atoms with Crippen LogP contribution in [0.25, 0.3) is 0 Å². The SMILES string of the molecule is C=NC=N/C(=C\C)N1c2ccccc2S(=O)(=O)c2ccccc21. The molecule has 0 radical (unpaired) electrons. The van der Waals surface area contributed by atoms with Crippen LogP contribution >= 0.6 is 0 Å². The highest BCUT2D eigenvalue weighted by Crippen LogP contribution is 2.45. The van der Waals surface area contributed by atoms with E-state index in [0.29, 0.717) is 17.2 Å². The molecule has 5 nitrogen and oxygen atoms in total. The maximum absolute atomic E-state index is 12.9. The second kappa shape index (κ2) is 5.81. The highest BCUT2D eigenvalue weighted by Gasteiger charge is 2.34. The van der Waals surface area contributed by atoms with E-state index in [1.807, 2.05) is 11.8 Å². The molecule has 0 atom stereocenters. The molecule has 0 aliphatic carbocycles. The Morgan fingerprint density at radius 3 is 2.04 bits per heavy atom. The molecule has 1 aliphatic rings. The molecule has 23 heavy (non-hydrogen) atoms. The molecule has 3 rings (SSSR count). The largest absolute Gasteiger partial charge is 0.293 e. The molecule has 0 saturated carbocycles. The number of aliphatic imine (C=N–C) groups is 2. The van der Waals surface area contributed by atoms with E-state index in [1.165, 1.54) is 6.34 Å². The van der Waals surface area contributed by atoms with Crippen molar-refractivity contribution in [2.24, 2.45) is 9.98 Å². The summed E-state index contributed by atoms with van der Waals surface area (Å²) in [6, 6.07) is 13.8. The number of nitrogens with zero attached hydrogens (tertiary/aromatic N) is 3. The van der Waals surface area contributed by atoms with Crippen molar-refractivity contribution >= 4 is 34.3 Å². The van der Waals surface area contributed by atoms with E-state index in [1.54, 1.807) is 54.6 Å². The lowest BCUT2D eigenvalue weighted by Crippen LogP contribution is -2.25. The topological polar surface area (TPSA) is 62.1 Å². The molecule has 0 unspecified atom stereocenters. The summed E-state index contributed by atoms with van der Waals surface area (Å²) in [7, 11) is -3.55. The predicted molar refractivity (Wildman–Crippen MR) is 92.3 cm³/mol. The van der Waals surface area contributed by atoms with Gasteiger partial charge in [-0.3, -0.25) is 9.89 Å². The fourth-order valence-corrected chi connectivity index (χ4v) is 4.22. The van der Waals surface area contributed by atoms with Crippen LogP contribution < -0.4 is 4.90 Å². The number of allylic oxidation sites excluding steroid dienone is 1. The zero-order chi connectivity index (χ0) is 16.4. The van der Waals surface area contributed by atoms with Crippen molar-refractivity contribution in [3.63, 3.8) is 0 Å². The summed E-state index contributed by atoms with van der Waals surface area (Å²) < 4.78 is 25.7. The van der Waals surface area contributed by atoms with Crippen LogP contribution in [0.1, 0.15) is 6.92 Å². The van der Waals surface area contributed by atoms with Crippen molar-refractivity contribution in [1.82, 2.24) is 0 Å². The number of fused-ring (bicyclic) bond motifs is 2. The van der Waals surface area contributed by atoms with Crippen LogP contribution in [0.4, 0.5) is 11.4 Å². The molecule has 0 amide bonds. The second-order valence-electron chi connectivity index (χ2n) is 4.85. The van der Waals surface area contributed by atoms with Crippen molar-refractivity contribution < 1.29 is 8.42 Å². The summed E-state index contributed by atoms with van der Waals surface area (Å²) in [6.45, 7) is 5.22. The molecule has 0 bridgehead atoms. The van der Waals surface area contributed by atoms with Gasteiger partial charge in [-0.05, 0) is 44.0 Å². The van der Waals surface area contributed by atoms with Crippen molar-refractivity contribution in [3.05, 3.63) is 60.4 Å². The standard InChI is InChI=1S/C17H15N3O2S/c1-3-17(19-12-18-2)20-13-8-4-6-10-15(13)23(21,22)16-11-7-5-9-14(16)20/h3-12H,2H2,1H3/b17-3+,19-12?. The summed E-state index contributed by atoms with van der Waals surface area (Å²) >= 11 is 0. The quantitative estimate of drug-likeness (QED) is 0.640. The lowest BCUT2D eigenvalue weighted by Gasteiger charge is -2.32. The first-order valence-electron chi connectivity index (χ1n) is 6.99. The van der Waals surface area contributed by atoms with Gasteiger partial charge in [0.05, 0.1) is 21.2 Å². The zero-order valence-corrected chi connectivity index (χ0v) is 13.4. The van der Waals surface area contributed by atoms with Gasteiger partial charge >= 0.3 is 0 Å². The number of rotatable bonds is 3. The molecule has 0 aromatic heterocycles. The minimum absolute atomic E-state index is 0.264. The Balaban J connectivity index is 2.34. The molecule has 1 heterocycles. The van der Waals surface area contributed by atoms with Crippen molar-refractivity contribution in [1.29, 1.82) is 0 Å². The van der Waals surface area contributed by atoms with Gasteiger partial charge in [0.2, 0.25) is 9.84 Å². The predicted octanol–water partition coefficient (Wildman–Crippen LogP) is 3.56. The molecule has 6 heteroatoms. The fraction of sp³-hybridized carbons (Fsp3) is 0.0588.